The molecule has 156 valence electrons. The molecule has 0 bridgehead atoms. The van der Waals surface area contributed by atoms with Crippen molar-refractivity contribution in [3.63, 3.8) is 0 Å². The van der Waals surface area contributed by atoms with Gasteiger partial charge in [-0.15, -0.1) is 11.3 Å². The number of carbonyl (C=O) groups excluding carboxylic acids is 2. The highest BCUT2D eigenvalue weighted by atomic mass is 32.2. The number of nitrogens with two attached hydrogens (primary N) is 1. The summed E-state index contributed by atoms with van der Waals surface area (Å²) in [6.07, 6.45) is 2.28. The summed E-state index contributed by atoms with van der Waals surface area (Å²) in [5, 5.41) is 5.44. The summed E-state index contributed by atoms with van der Waals surface area (Å²) >= 11 is 0.954. The van der Waals surface area contributed by atoms with Crippen LogP contribution in [0.2, 0.25) is 0 Å². The lowest BCUT2D eigenvalue weighted by molar-refractivity contribution is -0.0384. The van der Waals surface area contributed by atoms with Crippen molar-refractivity contribution in [1.29, 1.82) is 0 Å². The Kier molecular flexibility index (Phi) is 7.20. The minimum absolute atomic E-state index is 0.0200. The van der Waals surface area contributed by atoms with E-state index in [1.165, 1.54) is 12.1 Å². The van der Waals surface area contributed by atoms with Crippen molar-refractivity contribution in [2.24, 2.45) is 0 Å². The molecule has 0 fully saturated rings. The van der Waals surface area contributed by atoms with Gasteiger partial charge in [-0.3, -0.25) is 9.59 Å². The van der Waals surface area contributed by atoms with Crippen LogP contribution in [0, 0.1) is 0 Å². The molecule has 0 saturated carbocycles. The van der Waals surface area contributed by atoms with Crippen LogP contribution in [0.4, 0.5) is 18.9 Å². The summed E-state index contributed by atoms with van der Waals surface area (Å²) in [5.41, 5.74) is 3.08. The Labute approximate surface area is 171 Å². The fourth-order valence-electron chi connectivity index (χ4n) is 2.54. The van der Waals surface area contributed by atoms with Gasteiger partial charge in [-0.25, -0.2) is 4.21 Å². The predicted molar refractivity (Wildman–Crippen MR) is 107 cm³/mol. The fraction of sp³-hybridized carbons (Fsp3) is 0.222. The molecule has 0 radical (unpaired) electrons. The molecular formula is C18H18F3N3O3S2. The van der Waals surface area contributed by atoms with Gasteiger partial charge in [0, 0.05) is 24.1 Å². The Morgan fingerprint density at radius 2 is 1.90 bits per heavy atom. The van der Waals surface area contributed by atoms with E-state index in [1.807, 2.05) is 0 Å². The number of carbonyl (C=O) groups is 2. The van der Waals surface area contributed by atoms with E-state index in [-0.39, 0.29) is 22.0 Å². The van der Waals surface area contributed by atoms with Crippen molar-refractivity contribution in [1.82, 2.24) is 10.6 Å². The van der Waals surface area contributed by atoms with Crippen molar-refractivity contribution in [3.05, 3.63) is 51.3 Å². The predicted octanol–water partition coefficient (Wildman–Crippen LogP) is 3.28. The van der Waals surface area contributed by atoms with Crippen LogP contribution in [-0.4, -0.2) is 29.0 Å². The molecule has 0 aliphatic carbocycles. The SMILES string of the molecule is CN/C=C(/C)c1c(C=O)sc(C(=O)NCc2ccc(S(=O)C(F)(F)F)cc2)c1N. The molecule has 2 aromatic rings. The van der Waals surface area contributed by atoms with E-state index in [1.54, 1.807) is 20.2 Å². The van der Waals surface area contributed by atoms with E-state index in [9.17, 15) is 27.0 Å². The number of halogens is 3. The summed E-state index contributed by atoms with van der Waals surface area (Å²) in [4.78, 5) is 23.9. The fourth-order valence-corrected chi connectivity index (χ4v) is 4.20. The van der Waals surface area contributed by atoms with E-state index in [0.29, 0.717) is 27.9 Å². The number of amides is 1. The molecule has 11 heteroatoms. The van der Waals surface area contributed by atoms with E-state index >= 15 is 0 Å². The maximum absolute atomic E-state index is 12.5. The zero-order valence-electron chi connectivity index (χ0n) is 15.4. The first-order valence-corrected chi connectivity index (χ1v) is 10.1. The lowest BCUT2D eigenvalue weighted by atomic mass is 10.1. The highest BCUT2D eigenvalue weighted by Crippen LogP contribution is 2.35. The molecule has 29 heavy (non-hydrogen) atoms. The average molecular weight is 445 g/mol. The lowest BCUT2D eigenvalue weighted by Gasteiger charge is -2.08. The largest absolute Gasteiger partial charge is 0.475 e. The van der Waals surface area contributed by atoms with Gasteiger partial charge in [0.05, 0.1) is 10.6 Å². The molecule has 1 unspecified atom stereocenters. The number of hydrogen-bond acceptors (Lipinski definition) is 6. The maximum atomic E-state index is 12.5. The molecule has 1 amide bonds. The third kappa shape index (κ3) is 5.24. The monoisotopic (exact) mass is 445 g/mol. The number of anilines is 1. The second kappa shape index (κ2) is 9.23. The third-order valence-corrected chi connectivity index (χ3v) is 6.09. The first-order valence-electron chi connectivity index (χ1n) is 8.17. The molecule has 4 N–H and O–H groups in total. The molecule has 2 rings (SSSR count). The summed E-state index contributed by atoms with van der Waals surface area (Å²) in [6, 6.07) is 4.89. The van der Waals surface area contributed by atoms with Crippen LogP contribution in [0.1, 0.15) is 37.4 Å². The Balaban J connectivity index is 2.15. The summed E-state index contributed by atoms with van der Waals surface area (Å²) < 4.78 is 48.7. The van der Waals surface area contributed by atoms with Crippen LogP contribution in [0.5, 0.6) is 0 Å². The summed E-state index contributed by atoms with van der Waals surface area (Å²) in [7, 11) is -1.42. The van der Waals surface area contributed by atoms with Crippen LogP contribution in [0.15, 0.2) is 35.4 Å². The zero-order chi connectivity index (χ0) is 21.8. The van der Waals surface area contributed by atoms with Gasteiger partial charge < -0.3 is 16.4 Å². The van der Waals surface area contributed by atoms with Crippen molar-refractivity contribution in [2.45, 2.75) is 23.9 Å². The van der Waals surface area contributed by atoms with E-state index in [0.717, 1.165) is 23.5 Å². The first-order chi connectivity index (χ1) is 13.6. The summed E-state index contributed by atoms with van der Waals surface area (Å²) in [5.74, 6) is -0.512. The molecule has 0 saturated heterocycles. The molecule has 0 aliphatic rings. The maximum Gasteiger partial charge on any atom is 0.475 e. The Morgan fingerprint density at radius 1 is 1.28 bits per heavy atom. The van der Waals surface area contributed by atoms with Crippen LogP contribution >= 0.6 is 11.3 Å². The number of aldehydes is 1. The third-order valence-electron chi connectivity index (χ3n) is 3.84. The second-order valence-corrected chi connectivity index (χ2v) is 8.38. The number of nitrogens with one attached hydrogen (secondary N) is 2. The van der Waals surface area contributed by atoms with Crippen LogP contribution in [0.25, 0.3) is 5.57 Å². The molecule has 1 atom stereocenters. The van der Waals surface area contributed by atoms with Gasteiger partial charge in [-0.1, -0.05) is 12.1 Å². The topological polar surface area (TPSA) is 101 Å². The van der Waals surface area contributed by atoms with Crippen molar-refractivity contribution >= 4 is 45.6 Å². The zero-order valence-corrected chi connectivity index (χ0v) is 17.1. The average Bonchev–Trinajstić information content (AvgIpc) is 3.02. The number of allylic oxidation sites excluding steroid dienone is 1. The van der Waals surface area contributed by atoms with Crippen LogP contribution < -0.4 is 16.4 Å². The van der Waals surface area contributed by atoms with Crippen LogP contribution in [-0.2, 0) is 17.3 Å². The number of benzene rings is 1. The first kappa shape index (κ1) is 22.6. The summed E-state index contributed by atoms with van der Waals surface area (Å²) in [6.45, 7) is 1.77. The second-order valence-electron chi connectivity index (χ2n) is 5.86. The van der Waals surface area contributed by atoms with E-state index in [4.69, 9.17) is 5.73 Å². The molecule has 0 spiro atoms. The smallest absolute Gasteiger partial charge is 0.397 e. The van der Waals surface area contributed by atoms with E-state index < -0.39 is 22.2 Å². The molecule has 1 aromatic heterocycles. The van der Waals surface area contributed by atoms with Gasteiger partial charge >= 0.3 is 5.51 Å². The number of thiophene rings is 1. The quantitative estimate of drug-likeness (QED) is 0.568. The highest BCUT2D eigenvalue weighted by molar-refractivity contribution is 7.86. The Hall–Kier alpha value is -2.66. The molecular weight excluding hydrogens is 427 g/mol. The molecule has 0 aliphatic heterocycles. The standard InChI is InChI=1S/C18H18F3N3O3S2/c1-10(7-23-2)14-13(9-25)28-16(15(14)22)17(26)24-8-11-3-5-12(6-4-11)29(27)18(19,20)21/h3-7,9,23H,8,22H2,1-2H3,(H,24,26)/b10-7-. The highest BCUT2D eigenvalue weighted by Gasteiger charge is 2.37. The van der Waals surface area contributed by atoms with Crippen LogP contribution in [0.3, 0.4) is 0 Å². The van der Waals surface area contributed by atoms with E-state index in [2.05, 4.69) is 10.6 Å². The van der Waals surface area contributed by atoms with Crippen molar-refractivity contribution in [3.8, 4) is 0 Å². The molecule has 1 heterocycles. The van der Waals surface area contributed by atoms with Gasteiger partial charge in [0.25, 0.3) is 5.91 Å². The number of nitrogen functional groups attached to an aromatic ring is 1. The van der Waals surface area contributed by atoms with Gasteiger partial charge in [0.2, 0.25) is 0 Å². The number of rotatable bonds is 7. The minimum Gasteiger partial charge on any atom is -0.397 e. The van der Waals surface area contributed by atoms with Crippen molar-refractivity contribution in [2.75, 3.05) is 12.8 Å². The van der Waals surface area contributed by atoms with Crippen molar-refractivity contribution < 1.29 is 27.0 Å². The van der Waals surface area contributed by atoms with Gasteiger partial charge in [0.15, 0.2) is 17.1 Å². The normalized spacial score (nSPS) is 13.1. The van der Waals surface area contributed by atoms with Gasteiger partial charge in [-0.05, 0) is 36.4 Å². The molecule has 6 nitrogen and oxygen atoms in total. The number of hydrogen-bond donors (Lipinski definition) is 3. The minimum atomic E-state index is -4.83. The Morgan fingerprint density at radius 3 is 2.41 bits per heavy atom. The van der Waals surface area contributed by atoms with Gasteiger partial charge in [-0.2, -0.15) is 13.2 Å². The Bertz CT molecular complexity index is 967. The molecule has 1 aromatic carbocycles. The van der Waals surface area contributed by atoms with Gasteiger partial charge in [0.1, 0.15) is 4.88 Å². The lowest BCUT2D eigenvalue weighted by Crippen LogP contribution is -2.23. The number of alkyl halides is 3.